The van der Waals surface area contributed by atoms with Gasteiger partial charge in [-0.1, -0.05) is 36.4 Å². The largest absolute Gasteiger partial charge is 0.307 e. The standard InChI is InChI=1S/C19H23NOS/c1-19(12-11-16-5-3-4-6-17(16)13-19)20-14-15-7-9-18(10-8-15)22(2)21/h3-10,20H,11-14H2,1-2H3/t19-,22+/m0/s1. The third-order valence-corrected chi connectivity index (χ3v) is 5.56. The van der Waals surface area contributed by atoms with Crippen LogP contribution in [0, 0.1) is 0 Å². The summed E-state index contributed by atoms with van der Waals surface area (Å²) < 4.78 is 11.4. The van der Waals surface area contributed by atoms with Crippen molar-refractivity contribution in [2.75, 3.05) is 6.26 Å². The zero-order valence-electron chi connectivity index (χ0n) is 13.3. The van der Waals surface area contributed by atoms with Crippen molar-refractivity contribution in [1.82, 2.24) is 5.32 Å². The van der Waals surface area contributed by atoms with Crippen LogP contribution in [-0.2, 0) is 30.2 Å². The Morgan fingerprint density at radius 3 is 2.45 bits per heavy atom. The van der Waals surface area contributed by atoms with Gasteiger partial charge in [-0.05, 0) is 55.0 Å². The summed E-state index contributed by atoms with van der Waals surface area (Å²) in [5.41, 5.74) is 4.37. The highest BCUT2D eigenvalue weighted by Gasteiger charge is 2.28. The Labute approximate surface area is 135 Å². The SMILES string of the molecule is C[S@@](=O)c1ccc(CN[C@@]2(C)CCc3ccccc3C2)cc1. The molecule has 0 bridgehead atoms. The van der Waals surface area contributed by atoms with Crippen molar-refractivity contribution in [2.45, 2.75) is 43.2 Å². The third kappa shape index (κ3) is 3.47. The van der Waals surface area contributed by atoms with Crippen LogP contribution in [0.3, 0.4) is 0 Å². The van der Waals surface area contributed by atoms with Crippen molar-refractivity contribution in [3.63, 3.8) is 0 Å². The molecule has 3 rings (SSSR count). The molecule has 0 radical (unpaired) electrons. The number of fused-ring (bicyclic) bond motifs is 1. The first-order chi connectivity index (χ1) is 10.6. The molecule has 2 aromatic carbocycles. The van der Waals surface area contributed by atoms with Gasteiger partial charge < -0.3 is 5.32 Å². The maximum Gasteiger partial charge on any atom is 0.0498 e. The van der Waals surface area contributed by atoms with Crippen molar-refractivity contribution in [1.29, 1.82) is 0 Å². The second kappa shape index (κ2) is 6.35. The average Bonchev–Trinajstić information content (AvgIpc) is 2.53. The van der Waals surface area contributed by atoms with Crippen molar-refractivity contribution in [3.8, 4) is 0 Å². The van der Waals surface area contributed by atoms with E-state index < -0.39 is 10.8 Å². The predicted octanol–water partition coefficient (Wildman–Crippen LogP) is 3.46. The number of rotatable bonds is 4. The van der Waals surface area contributed by atoms with Gasteiger partial charge in [0.15, 0.2) is 0 Å². The highest BCUT2D eigenvalue weighted by Crippen LogP contribution is 2.28. The van der Waals surface area contributed by atoms with Crippen molar-refractivity contribution in [3.05, 3.63) is 65.2 Å². The van der Waals surface area contributed by atoms with Crippen LogP contribution in [-0.4, -0.2) is 16.0 Å². The number of aryl methyl sites for hydroxylation is 1. The van der Waals surface area contributed by atoms with Crippen LogP contribution in [0.5, 0.6) is 0 Å². The smallest absolute Gasteiger partial charge is 0.0498 e. The van der Waals surface area contributed by atoms with Gasteiger partial charge in [-0.2, -0.15) is 0 Å². The second-order valence-corrected chi connectivity index (χ2v) is 7.84. The lowest BCUT2D eigenvalue weighted by molar-refractivity contribution is 0.311. The zero-order valence-corrected chi connectivity index (χ0v) is 14.1. The molecule has 0 unspecified atom stereocenters. The molecule has 2 nitrogen and oxygen atoms in total. The Morgan fingerprint density at radius 2 is 1.77 bits per heavy atom. The Bertz CT molecular complexity index is 680. The monoisotopic (exact) mass is 313 g/mol. The molecular formula is C19H23NOS. The van der Waals surface area contributed by atoms with Crippen LogP contribution in [0.2, 0.25) is 0 Å². The Morgan fingerprint density at radius 1 is 1.09 bits per heavy atom. The molecule has 1 N–H and O–H groups in total. The van der Waals surface area contributed by atoms with Crippen molar-refractivity contribution in [2.24, 2.45) is 0 Å². The summed E-state index contributed by atoms with van der Waals surface area (Å²) >= 11 is 0. The quantitative estimate of drug-likeness (QED) is 0.936. The van der Waals surface area contributed by atoms with Crippen LogP contribution in [0.25, 0.3) is 0 Å². The Kier molecular flexibility index (Phi) is 4.46. The van der Waals surface area contributed by atoms with Gasteiger partial charge in [-0.25, -0.2) is 0 Å². The average molecular weight is 313 g/mol. The summed E-state index contributed by atoms with van der Waals surface area (Å²) in [6.45, 7) is 3.17. The van der Waals surface area contributed by atoms with Gasteiger partial charge in [0.25, 0.3) is 0 Å². The Hall–Kier alpha value is -1.45. The van der Waals surface area contributed by atoms with Gasteiger partial charge in [0.05, 0.1) is 0 Å². The summed E-state index contributed by atoms with van der Waals surface area (Å²) in [6.07, 6.45) is 5.11. The molecule has 1 aliphatic carbocycles. The molecule has 3 heteroatoms. The highest BCUT2D eigenvalue weighted by molar-refractivity contribution is 7.84. The van der Waals surface area contributed by atoms with E-state index in [1.165, 1.54) is 23.1 Å². The van der Waals surface area contributed by atoms with E-state index in [1.54, 1.807) is 6.26 Å². The lowest BCUT2D eigenvalue weighted by Gasteiger charge is -2.36. The van der Waals surface area contributed by atoms with Crippen LogP contribution >= 0.6 is 0 Å². The summed E-state index contributed by atoms with van der Waals surface area (Å²) in [5, 5.41) is 3.73. The minimum absolute atomic E-state index is 0.153. The van der Waals surface area contributed by atoms with Gasteiger partial charge in [0.1, 0.15) is 0 Å². The molecule has 1 aliphatic rings. The molecule has 0 fully saturated rings. The molecule has 2 aromatic rings. The van der Waals surface area contributed by atoms with Gasteiger partial charge >= 0.3 is 0 Å². The molecule has 116 valence electrons. The van der Waals surface area contributed by atoms with E-state index in [2.05, 4.69) is 48.6 Å². The maximum absolute atomic E-state index is 11.4. The fraction of sp³-hybridized carbons (Fsp3) is 0.368. The molecule has 0 aromatic heterocycles. The Balaban J connectivity index is 1.65. The second-order valence-electron chi connectivity index (χ2n) is 6.46. The van der Waals surface area contributed by atoms with Crippen molar-refractivity contribution >= 4 is 10.8 Å². The topological polar surface area (TPSA) is 29.1 Å². The highest BCUT2D eigenvalue weighted by atomic mass is 32.2. The maximum atomic E-state index is 11.4. The van der Waals surface area contributed by atoms with E-state index >= 15 is 0 Å². The summed E-state index contributed by atoms with van der Waals surface area (Å²) in [6, 6.07) is 16.8. The molecule has 0 saturated heterocycles. The van der Waals surface area contributed by atoms with E-state index in [0.29, 0.717) is 0 Å². The predicted molar refractivity (Wildman–Crippen MR) is 92.5 cm³/mol. The fourth-order valence-electron chi connectivity index (χ4n) is 3.16. The summed E-state index contributed by atoms with van der Waals surface area (Å²) in [4.78, 5) is 0.890. The number of hydrogen-bond acceptors (Lipinski definition) is 2. The molecule has 22 heavy (non-hydrogen) atoms. The van der Waals surface area contributed by atoms with E-state index in [9.17, 15) is 4.21 Å². The van der Waals surface area contributed by atoms with E-state index in [-0.39, 0.29) is 5.54 Å². The molecule has 0 spiro atoms. The molecule has 0 amide bonds. The van der Waals surface area contributed by atoms with Gasteiger partial charge in [-0.3, -0.25) is 4.21 Å². The first kappa shape index (κ1) is 15.4. The number of hydrogen-bond donors (Lipinski definition) is 1. The summed E-state index contributed by atoms with van der Waals surface area (Å²) in [5.74, 6) is 0. The number of nitrogens with one attached hydrogen (secondary N) is 1. The summed E-state index contributed by atoms with van der Waals surface area (Å²) in [7, 11) is -0.899. The normalized spacial score (nSPS) is 22.1. The first-order valence-electron chi connectivity index (χ1n) is 7.80. The molecular weight excluding hydrogens is 290 g/mol. The van der Waals surface area contributed by atoms with Crippen molar-refractivity contribution < 1.29 is 4.21 Å². The van der Waals surface area contributed by atoms with Crippen LogP contribution in [0.4, 0.5) is 0 Å². The van der Waals surface area contributed by atoms with Gasteiger partial charge in [0, 0.05) is 34.0 Å². The lowest BCUT2D eigenvalue weighted by Crippen LogP contribution is -2.46. The van der Waals surface area contributed by atoms with Gasteiger partial charge in [0.2, 0.25) is 0 Å². The minimum atomic E-state index is -0.899. The van der Waals surface area contributed by atoms with E-state index in [0.717, 1.165) is 24.3 Å². The number of benzene rings is 2. The molecule has 0 heterocycles. The fourth-order valence-corrected chi connectivity index (χ4v) is 3.68. The van der Waals surface area contributed by atoms with Crippen LogP contribution in [0.15, 0.2) is 53.4 Å². The van der Waals surface area contributed by atoms with E-state index in [4.69, 9.17) is 0 Å². The van der Waals surface area contributed by atoms with Crippen LogP contribution in [0.1, 0.15) is 30.0 Å². The molecule has 0 saturated carbocycles. The zero-order chi connectivity index (χ0) is 15.6. The molecule has 0 aliphatic heterocycles. The van der Waals surface area contributed by atoms with Crippen LogP contribution < -0.4 is 5.32 Å². The van der Waals surface area contributed by atoms with Gasteiger partial charge in [-0.15, -0.1) is 0 Å². The third-order valence-electron chi connectivity index (χ3n) is 4.62. The lowest BCUT2D eigenvalue weighted by atomic mass is 9.79. The van der Waals surface area contributed by atoms with E-state index in [1.807, 2.05) is 12.1 Å². The first-order valence-corrected chi connectivity index (χ1v) is 9.36. The minimum Gasteiger partial charge on any atom is -0.307 e. The molecule has 2 atom stereocenters.